The first kappa shape index (κ1) is 21.1. The monoisotopic (exact) mass is 453 g/mol. The van der Waals surface area contributed by atoms with Crippen LogP contribution in [-0.4, -0.2) is 27.8 Å². The normalized spacial score (nSPS) is 14.4. The smallest absolute Gasteiger partial charge is 0.387 e. The van der Waals surface area contributed by atoms with Gasteiger partial charge in [-0.2, -0.15) is 8.78 Å². The van der Waals surface area contributed by atoms with E-state index in [-0.39, 0.29) is 17.5 Å². The minimum Gasteiger partial charge on any atom is -0.494 e. The number of nitrogens with zero attached hydrogens (tertiary/aromatic N) is 3. The van der Waals surface area contributed by atoms with Gasteiger partial charge in [0.2, 0.25) is 0 Å². The van der Waals surface area contributed by atoms with E-state index < -0.39 is 17.9 Å². The molecule has 9 heteroatoms. The van der Waals surface area contributed by atoms with Crippen molar-refractivity contribution in [3.63, 3.8) is 0 Å². The SMILES string of the molecule is COc1cccc2c1ncc1c(=O)n(-c3ccc(OC(F)F)cc3)c(=O)n(C3CCCC3)c12. The Labute approximate surface area is 186 Å². The average Bonchev–Trinajstić information content (AvgIpc) is 3.34. The van der Waals surface area contributed by atoms with E-state index in [0.29, 0.717) is 27.6 Å². The number of benzene rings is 2. The zero-order chi connectivity index (χ0) is 23.1. The van der Waals surface area contributed by atoms with Gasteiger partial charge in [0.15, 0.2) is 0 Å². The Hall–Kier alpha value is -3.75. The van der Waals surface area contributed by atoms with Crippen LogP contribution in [0.4, 0.5) is 8.78 Å². The van der Waals surface area contributed by atoms with Crippen molar-refractivity contribution in [1.82, 2.24) is 14.1 Å². The van der Waals surface area contributed by atoms with Gasteiger partial charge in [0.25, 0.3) is 5.56 Å². The lowest BCUT2D eigenvalue weighted by Gasteiger charge is -2.20. The Morgan fingerprint density at radius 1 is 1.03 bits per heavy atom. The molecule has 2 heterocycles. The first-order valence-corrected chi connectivity index (χ1v) is 10.7. The molecular formula is C24H21F2N3O4. The summed E-state index contributed by atoms with van der Waals surface area (Å²) in [5, 5.41) is 0.968. The number of hydrogen-bond donors (Lipinski definition) is 0. The molecule has 2 aromatic heterocycles. The van der Waals surface area contributed by atoms with Crippen LogP contribution < -0.4 is 20.7 Å². The summed E-state index contributed by atoms with van der Waals surface area (Å²) >= 11 is 0. The van der Waals surface area contributed by atoms with Crippen LogP contribution in [-0.2, 0) is 0 Å². The number of rotatable bonds is 5. The van der Waals surface area contributed by atoms with Crippen molar-refractivity contribution in [3.8, 4) is 17.2 Å². The van der Waals surface area contributed by atoms with Gasteiger partial charge in [0.05, 0.1) is 23.7 Å². The van der Waals surface area contributed by atoms with E-state index in [9.17, 15) is 18.4 Å². The molecule has 5 rings (SSSR count). The molecule has 1 fully saturated rings. The molecule has 0 unspecified atom stereocenters. The standard InChI is InChI=1S/C24H21F2N3O4/c1-32-19-8-4-7-17-20(19)27-13-18-21(17)28(14-5-2-3-6-14)24(31)29(22(18)30)15-9-11-16(12-10-15)33-23(25)26/h4,7-14,23H,2-3,5-6H2,1H3. The lowest BCUT2D eigenvalue weighted by atomic mass is 10.1. The number of fused-ring (bicyclic) bond motifs is 3. The highest BCUT2D eigenvalue weighted by atomic mass is 19.3. The average molecular weight is 453 g/mol. The second-order valence-corrected chi connectivity index (χ2v) is 7.98. The molecule has 4 aromatic rings. The highest BCUT2D eigenvalue weighted by Gasteiger charge is 2.25. The Balaban J connectivity index is 1.83. The van der Waals surface area contributed by atoms with Crippen molar-refractivity contribution in [2.24, 2.45) is 0 Å². The number of halogens is 2. The van der Waals surface area contributed by atoms with E-state index in [1.807, 2.05) is 6.07 Å². The maximum absolute atomic E-state index is 13.8. The van der Waals surface area contributed by atoms with Crippen molar-refractivity contribution < 1.29 is 18.3 Å². The summed E-state index contributed by atoms with van der Waals surface area (Å²) in [6, 6.07) is 10.8. The minimum atomic E-state index is -2.96. The van der Waals surface area contributed by atoms with E-state index in [1.54, 1.807) is 23.8 Å². The van der Waals surface area contributed by atoms with Gasteiger partial charge >= 0.3 is 12.3 Å². The molecule has 0 spiro atoms. The summed E-state index contributed by atoms with van der Waals surface area (Å²) in [6.45, 7) is -2.96. The third kappa shape index (κ3) is 3.53. The van der Waals surface area contributed by atoms with Crippen LogP contribution in [0.25, 0.3) is 27.5 Å². The zero-order valence-electron chi connectivity index (χ0n) is 17.8. The molecule has 1 saturated carbocycles. The van der Waals surface area contributed by atoms with E-state index in [4.69, 9.17) is 4.74 Å². The Morgan fingerprint density at radius 3 is 2.42 bits per heavy atom. The first-order chi connectivity index (χ1) is 16.0. The fourth-order valence-corrected chi connectivity index (χ4v) is 4.68. The molecule has 0 N–H and O–H groups in total. The van der Waals surface area contributed by atoms with Crippen LogP contribution >= 0.6 is 0 Å². The lowest BCUT2D eigenvalue weighted by Crippen LogP contribution is -2.40. The van der Waals surface area contributed by atoms with Gasteiger partial charge in [-0.05, 0) is 43.2 Å². The summed E-state index contributed by atoms with van der Waals surface area (Å²) < 4.78 is 37.6. The van der Waals surface area contributed by atoms with Crippen LogP contribution in [0.15, 0.2) is 58.3 Å². The van der Waals surface area contributed by atoms with E-state index >= 15 is 0 Å². The number of para-hydroxylation sites is 1. The number of ether oxygens (including phenoxy) is 2. The molecule has 0 aliphatic heterocycles. The molecular weight excluding hydrogens is 432 g/mol. The minimum absolute atomic E-state index is 0.0570. The zero-order valence-corrected chi connectivity index (χ0v) is 17.8. The van der Waals surface area contributed by atoms with Gasteiger partial charge in [-0.15, -0.1) is 0 Å². The van der Waals surface area contributed by atoms with Crippen LogP contribution in [0, 0.1) is 0 Å². The van der Waals surface area contributed by atoms with Crippen molar-refractivity contribution in [2.45, 2.75) is 38.3 Å². The topological polar surface area (TPSA) is 75.3 Å². The van der Waals surface area contributed by atoms with Crippen LogP contribution in [0.2, 0.25) is 0 Å². The molecule has 0 bridgehead atoms. The van der Waals surface area contributed by atoms with Crippen molar-refractivity contribution in [2.75, 3.05) is 7.11 Å². The Bertz CT molecular complexity index is 1460. The highest BCUT2D eigenvalue weighted by Crippen LogP contribution is 2.34. The molecule has 0 amide bonds. The van der Waals surface area contributed by atoms with Gasteiger partial charge in [0, 0.05) is 17.6 Å². The summed E-state index contributed by atoms with van der Waals surface area (Å²) in [5.74, 6) is 0.497. The van der Waals surface area contributed by atoms with Gasteiger partial charge < -0.3 is 9.47 Å². The number of aromatic nitrogens is 3. The Kier molecular flexibility index (Phi) is 5.32. The first-order valence-electron chi connectivity index (χ1n) is 10.7. The summed E-state index contributed by atoms with van der Waals surface area (Å²) in [6.07, 6.45) is 5.09. The molecule has 33 heavy (non-hydrogen) atoms. The molecule has 1 aliphatic rings. The number of alkyl halides is 2. The molecule has 0 saturated heterocycles. The van der Waals surface area contributed by atoms with E-state index in [2.05, 4.69) is 9.72 Å². The van der Waals surface area contributed by atoms with Crippen molar-refractivity contribution in [3.05, 3.63) is 69.5 Å². The summed E-state index contributed by atoms with van der Waals surface area (Å²) in [7, 11) is 1.55. The fourth-order valence-electron chi connectivity index (χ4n) is 4.68. The highest BCUT2D eigenvalue weighted by molar-refractivity contribution is 6.05. The summed E-state index contributed by atoms with van der Waals surface area (Å²) in [5.41, 5.74) is 0.381. The molecule has 7 nitrogen and oxygen atoms in total. The largest absolute Gasteiger partial charge is 0.494 e. The third-order valence-electron chi connectivity index (χ3n) is 6.13. The predicted molar refractivity (Wildman–Crippen MR) is 120 cm³/mol. The van der Waals surface area contributed by atoms with Crippen LogP contribution in [0.5, 0.6) is 11.5 Å². The maximum atomic E-state index is 13.8. The van der Waals surface area contributed by atoms with Gasteiger partial charge in [-0.1, -0.05) is 25.0 Å². The van der Waals surface area contributed by atoms with Crippen molar-refractivity contribution in [1.29, 1.82) is 0 Å². The number of hydrogen-bond acceptors (Lipinski definition) is 5. The van der Waals surface area contributed by atoms with Gasteiger partial charge in [-0.3, -0.25) is 14.3 Å². The second kappa shape index (κ2) is 8.31. The quantitative estimate of drug-likeness (QED) is 0.418. The van der Waals surface area contributed by atoms with Gasteiger partial charge in [0.1, 0.15) is 17.0 Å². The van der Waals surface area contributed by atoms with E-state index in [0.717, 1.165) is 30.3 Å². The summed E-state index contributed by atoms with van der Waals surface area (Å²) in [4.78, 5) is 31.7. The molecule has 0 atom stereocenters. The number of methoxy groups -OCH3 is 1. The number of pyridine rings is 1. The molecule has 2 aromatic carbocycles. The predicted octanol–water partition coefficient (Wildman–Crippen LogP) is 4.43. The van der Waals surface area contributed by atoms with E-state index in [1.165, 1.54) is 30.5 Å². The molecule has 1 aliphatic carbocycles. The fraction of sp³-hybridized carbons (Fsp3) is 0.292. The van der Waals surface area contributed by atoms with Crippen LogP contribution in [0.3, 0.4) is 0 Å². The maximum Gasteiger partial charge on any atom is 0.387 e. The third-order valence-corrected chi connectivity index (χ3v) is 6.13. The van der Waals surface area contributed by atoms with Crippen molar-refractivity contribution >= 4 is 21.8 Å². The van der Waals surface area contributed by atoms with Crippen LogP contribution in [0.1, 0.15) is 31.7 Å². The molecule has 0 radical (unpaired) electrons. The Morgan fingerprint density at radius 2 is 1.76 bits per heavy atom. The van der Waals surface area contributed by atoms with Gasteiger partial charge in [-0.25, -0.2) is 9.36 Å². The lowest BCUT2D eigenvalue weighted by molar-refractivity contribution is -0.0498. The molecule has 170 valence electrons. The second-order valence-electron chi connectivity index (χ2n) is 7.98.